The Morgan fingerprint density at radius 2 is 2.20 bits per heavy atom. The van der Waals surface area contributed by atoms with Crippen molar-refractivity contribution in [1.29, 1.82) is 0 Å². The van der Waals surface area contributed by atoms with Gasteiger partial charge < -0.3 is 9.84 Å². The van der Waals surface area contributed by atoms with Gasteiger partial charge in [-0.3, -0.25) is 4.90 Å². The van der Waals surface area contributed by atoms with Gasteiger partial charge in [0.25, 0.3) is 0 Å². The summed E-state index contributed by atoms with van der Waals surface area (Å²) < 4.78 is 5.29. The monoisotopic (exact) mass is 209 g/mol. The van der Waals surface area contributed by atoms with Gasteiger partial charge in [-0.1, -0.05) is 11.6 Å². The first-order chi connectivity index (χ1) is 7.38. The Morgan fingerprint density at radius 1 is 1.40 bits per heavy atom. The molecule has 0 aliphatic carbocycles. The molecule has 4 heteroatoms. The molecule has 1 N–H and O–H groups in total. The predicted octanol–water partition coefficient (Wildman–Crippen LogP) is 1.38. The summed E-state index contributed by atoms with van der Waals surface area (Å²) in [6.45, 7) is 4.09. The molecule has 1 aliphatic heterocycles. The Bertz CT molecular complexity index is 292. The molecule has 0 amide bonds. The standard InChI is InChI=1S/C11H19N3O/c1-12-8-10-7-11(15-13-10)9-14-5-3-2-4-6-14/h7,12H,2-6,8-9H2,1H3. The smallest absolute Gasteiger partial charge is 0.151 e. The number of hydrogen-bond donors (Lipinski definition) is 1. The predicted molar refractivity (Wildman–Crippen MR) is 58.4 cm³/mol. The number of piperidine rings is 1. The first-order valence-electron chi connectivity index (χ1n) is 5.70. The van der Waals surface area contributed by atoms with Crippen LogP contribution in [0.5, 0.6) is 0 Å². The summed E-state index contributed by atoms with van der Waals surface area (Å²) in [6.07, 6.45) is 4.01. The maximum atomic E-state index is 5.29. The largest absolute Gasteiger partial charge is 0.360 e. The lowest BCUT2D eigenvalue weighted by atomic mass is 10.1. The minimum atomic E-state index is 0.781. The fourth-order valence-electron chi connectivity index (χ4n) is 2.03. The van der Waals surface area contributed by atoms with E-state index in [1.165, 1.54) is 32.4 Å². The lowest BCUT2D eigenvalue weighted by Crippen LogP contribution is -2.28. The molecular weight excluding hydrogens is 190 g/mol. The highest BCUT2D eigenvalue weighted by Crippen LogP contribution is 2.13. The minimum Gasteiger partial charge on any atom is -0.360 e. The van der Waals surface area contributed by atoms with Gasteiger partial charge in [0.15, 0.2) is 5.76 Å². The number of hydrogen-bond acceptors (Lipinski definition) is 4. The molecule has 0 unspecified atom stereocenters. The number of aromatic nitrogens is 1. The van der Waals surface area contributed by atoms with Crippen molar-refractivity contribution in [3.05, 3.63) is 17.5 Å². The Kier molecular flexibility index (Phi) is 3.75. The van der Waals surface area contributed by atoms with Crippen LogP contribution in [0.4, 0.5) is 0 Å². The average molecular weight is 209 g/mol. The van der Waals surface area contributed by atoms with Gasteiger partial charge in [-0.05, 0) is 33.0 Å². The molecule has 0 saturated carbocycles. The molecule has 1 aliphatic rings. The molecule has 1 fully saturated rings. The van der Waals surface area contributed by atoms with Crippen molar-refractivity contribution >= 4 is 0 Å². The summed E-state index contributed by atoms with van der Waals surface area (Å²) in [5, 5.41) is 7.07. The van der Waals surface area contributed by atoms with Crippen LogP contribution in [0.2, 0.25) is 0 Å². The van der Waals surface area contributed by atoms with E-state index in [0.29, 0.717) is 0 Å². The Labute approximate surface area is 90.6 Å². The van der Waals surface area contributed by atoms with Crippen molar-refractivity contribution < 1.29 is 4.52 Å². The average Bonchev–Trinajstić information content (AvgIpc) is 2.68. The number of nitrogens with zero attached hydrogens (tertiary/aromatic N) is 2. The van der Waals surface area contributed by atoms with E-state index in [0.717, 1.165) is 24.5 Å². The van der Waals surface area contributed by atoms with Crippen LogP contribution in [-0.2, 0) is 13.1 Å². The zero-order valence-corrected chi connectivity index (χ0v) is 9.33. The van der Waals surface area contributed by atoms with Crippen molar-refractivity contribution in [3.8, 4) is 0 Å². The van der Waals surface area contributed by atoms with Crippen molar-refractivity contribution in [2.75, 3.05) is 20.1 Å². The van der Waals surface area contributed by atoms with Gasteiger partial charge in [0.1, 0.15) is 0 Å². The molecule has 0 bridgehead atoms. The summed E-state index contributed by atoms with van der Waals surface area (Å²) in [4.78, 5) is 2.44. The molecule has 1 aromatic rings. The van der Waals surface area contributed by atoms with Crippen LogP contribution in [-0.4, -0.2) is 30.2 Å². The molecule has 1 aromatic heterocycles. The van der Waals surface area contributed by atoms with Crippen LogP contribution in [0.3, 0.4) is 0 Å². The van der Waals surface area contributed by atoms with E-state index in [2.05, 4.69) is 15.4 Å². The van der Waals surface area contributed by atoms with E-state index in [1.54, 1.807) is 0 Å². The van der Waals surface area contributed by atoms with Crippen molar-refractivity contribution in [2.24, 2.45) is 0 Å². The van der Waals surface area contributed by atoms with Gasteiger partial charge in [-0.2, -0.15) is 0 Å². The molecular formula is C11H19N3O. The van der Waals surface area contributed by atoms with E-state index >= 15 is 0 Å². The zero-order chi connectivity index (χ0) is 10.5. The number of nitrogens with one attached hydrogen (secondary N) is 1. The highest BCUT2D eigenvalue weighted by molar-refractivity contribution is 5.05. The summed E-state index contributed by atoms with van der Waals surface area (Å²) in [5.41, 5.74) is 0.990. The quantitative estimate of drug-likeness (QED) is 0.813. The molecule has 15 heavy (non-hydrogen) atoms. The Hall–Kier alpha value is -0.870. The number of likely N-dealkylation sites (tertiary alicyclic amines) is 1. The van der Waals surface area contributed by atoms with Gasteiger partial charge in [-0.25, -0.2) is 0 Å². The van der Waals surface area contributed by atoms with E-state index in [4.69, 9.17) is 4.52 Å². The van der Waals surface area contributed by atoms with Gasteiger partial charge in [0.05, 0.1) is 12.2 Å². The first kappa shape index (κ1) is 10.6. The van der Waals surface area contributed by atoms with E-state index in [1.807, 2.05) is 13.1 Å². The molecule has 0 radical (unpaired) electrons. The second-order valence-corrected chi connectivity index (χ2v) is 4.15. The summed E-state index contributed by atoms with van der Waals surface area (Å²) >= 11 is 0. The third kappa shape index (κ3) is 3.04. The second kappa shape index (κ2) is 5.28. The first-order valence-corrected chi connectivity index (χ1v) is 5.70. The SMILES string of the molecule is CNCc1cc(CN2CCCCC2)on1. The summed E-state index contributed by atoms with van der Waals surface area (Å²) in [6, 6.07) is 2.05. The third-order valence-electron chi connectivity index (χ3n) is 2.79. The highest BCUT2D eigenvalue weighted by atomic mass is 16.5. The minimum absolute atomic E-state index is 0.781. The summed E-state index contributed by atoms with van der Waals surface area (Å²) in [7, 11) is 1.92. The van der Waals surface area contributed by atoms with E-state index in [-0.39, 0.29) is 0 Å². The van der Waals surface area contributed by atoms with Crippen molar-refractivity contribution in [3.63, 3.8) is 0 Å². The maximum absolute atomic E-state index is 5.29. The van der Waals surface area contributed by atoms with E-state index in [9.17, 15) is 0 Å². The maximum Gasteiger partial charge on any atom is 0.151 e. The fourth-order valence-corrected chi connectivity index (χ4v) is 2.03. The fraction of sp³-hybridized carbons (Fsp3) is 0.727. The molecule has 2 heterocycles. The summed E-state index contributed by atoms with van der Waals surface area (Å²) in [5.74, 6) is 0.988. The van der Waals surface area contributed by atoms with Gasteiger partial charge in [0.2, 0.25) is 0 Å². The number of rotatable bonds is 4. The molecule has 2 rings (SSSR count). The van der Waals surface area contributed by atoms with Gasteiger partial charge in [-0.15, -0.1) is 0 Å². The van der Waals surface area contributed by atoms with Gasteiger partial charge >= 0.3 is 0 Å². The molecule has 0 spiro atoms. The van der Waals surface area contributed by atoms with Crippen molar-refractivity contribution in [2.45, 2.75) is 32.4 Å². The Balaban J connectivity index is 1.86. The highest BCUT2D eigenvalue weighted by Gasteiger charge is 2.13. The van der Waals surface area contributed by atoms with Gasteiger partial charge in [0, 0.05) is 12.6 Å². The molecule has 4 nitrogen and oxygen atoms in total. The topological polar surface area (TPSA) is 41.3 Å². The van der Waals surface area contributed by atoms with Crippen LogP contribution in [0.1, 0.15) is 30.7 Å². The second-order valence-electron chi connectivity index (χ2n) is 4.15. The van der Waals surface area contributed by atoms with Crippen LogP contribution in [0, 0.1) is 0 Å². The molecule has 1 saturated heterocycles. The van der Waals surface area contributed by atoms with Crippen LogP contribution in [0.15, 0.2) is 10.6 Å². The molecule has 0 atom stereocenters. The third-order valence-corrected chi connectivity index (χ3v) is 2.79. The van der Waals surface area contributed by atoms with Crippen LogP contribution in [0.25, 0.3) is 0 Å². The van der Waals surface area contributed by atoms with Crippen LogP contribution >= 0.6 is 0 Å². The normalized spacial score (nSPS) is 18.2. The van der Waals surface area contributed by atoms with E-state index < -0.39 is 0 Å². The lowest BCUT2D eigenvalue weighted by Gasteiger charge is -2.24. The molecule has 84 valence electrons. The molecule has 0 aromatic carbocycles. The van der Waals surface area contributed by atoms with Crippen LogP contribution < -0.4 is 5.32 Å². The Morgan fingerprint density at radius 3 is 2.93 bits per heavy atom. The zero-order valence-electron chi connectivity index (χ0n) is 9.33. The van der Waals surface area contributed by atoms with Crippen molar-refractivity contribution in [1.82, 2.24) is 15.4 Å². The lowest BCUT2D eigenvalue weighted by molar-refractivity contribution is 0.197.